The fraction of sp³-hybridized carbons (Fsp3) is 0.286. The molecule has 2 aromatic rings. The van der Waals surface area contributed by atoms with E-state index in [2.05, 4.69) is 15.8 Å². The zero-order valence-corrected chi connectivity index (χ0v) is 12.6. The molecule has 7 heteroatoms. The molecule has 1 aromatic heterocycles. The van der Waals surface area contributed by atoms with Crippen molar-refractivity contribution in [1.29, 1.82) is 0 Å². The maximum absolute atomic E-state index is 12.7. The molecule has 21 heavy (non-hydrogen) atoms. The maximum Gasteiger partial charge on any atom is 0.258 e. The predicted octanol–water partition coefficient (Wildman–Crippen LogP) is 1.95. The van der Waals surface area contributed by atoms with Crippen molar-refractivity contribution >= 4 is 22.9 Å². The molecule has 0 spiro atoms. The number of hydrogen-bond donors (Lipinski definition) is 2. The molecule has 1 unspecified atom stereocenters. The van der Waals surface area contributed by atoms with Crippen LogP contribution in [0.3, 0.4) is 0 Å². The zero-order valence-electron chi connectivity index (χ0n) is 11.8. The molecule has 0 saturated carbocycles. The van der Waals surface area contributed by atoms with Crippen molar-refractivity contribution in [2.75, 3.05) is 12.4 Å². The number of nitrogens with zero attached hydrogens (tertiary/aromatic N) is 2. The van der Waals surface area contributed by atoms with Crippen molar-refractivity contribution < 1.29 is 9.63 Å². The third kappa shape index (κ3) is 2.76. The number of aromatic nitrogens is 1. The number of carbonyl (C=O) groups excluding carboxylic acids is 1. The molecule has 0 fully saturated rings. The van der Waals surface area contributed by atoms with E-state index >= 15 is 0 Å². The quantitative estimate of drug-likeness (QED) is 0.845. The van der Waals surface area contributed by atoms with Crippen LogP contribution in [-0.4, -0.2) is 29.2 Å². The van der Waals surface area contributed by atoms with Crippen LogP contribution in [0, 0.1) is 6.92 Å². The summed E-state index contributed by atoms with van der Waals surface area (Å²) in [6.07, 6.45) is 1.39. The van der Waals surface area contributed by atoms with Crippen molar-refractivity contribution in [2.24, 2.45) is 0 Å². The Kier molecular flexibility index (Phi) is 3.87. The lowest BCUT2D eigenvalue weighted by Gasteiger charge is -2.37. The molecule has 1 aliphatic heterocycles. The van der Waals surface area contributed by atoms with Gasteiger partial charge in [-0.15, -0.1) is 11.3 Å². The molecular weight excluding hydrogens is 288 g/mol. The van der Waals surface area contributed by atoms with Gasteiger partial charge in [-0.3, -0.25) is 9.69 Å². The van der Waals surface area contributed by atoms with Crippen LogP contribution in [0.5, 0.6) is 0 Å². The average molecular weight is 304 g/mol. The molecule has 0 saturated heterocycles. The highest BCUT2D eigenvalue weighted by atomic mass is 32.1. The van der Waals surface area contributed by atoms with Gasteiger partial charge in [0.15, 0.2) is 6.29 Å². The molecule has 110 valence electrons. The normalized spacial score (nSPS) is 17.5. The second-order valence-electron chi connectivity index (χ2n) is 4.69. The zero-order chi connectivity index (χ0) is 14.8. The van der Waals surface area contributed by atoms with E-state index in [-0.39, 0.29) is 5.91 Å². The summed E-state index contributed by atoms with van der Waals surface area (Å²) in [5, 5.41) is 4.24. The van der Waals surface area contributed by atoms with E-state index in [9.17, 15) is 4.79 Å². The van der Waals surface area contributed by atoms with Crippen LogP contribution in [0.4, 0.5) is 5.69 Å². The first-order valence-electron chi connectivity index (χ1n) is 6.55. The standard InChI is InChI=1S/C14H16N4O2S/c1-9-15-7-10(21-9)8-18-13(19)11-5-3-4-6-12(11)16-14(18)17-20-2/h3-7,14,16-17H,8H2,1-2H3. The van der Waals surface area contributed by atoms with Crippen LogP contribution in [0.25, 0.3) is 0 Å². The van der Waals surface area contributed by atoms with Crippen LogP contribution in [0.2, 0.25) is 0 Å². The molecule has 1 aromatic carbocycles. The number of fused-ring (bicyclic) bond motifs is 1. The summed E-state index contributed by atoms with van der Waals surface area (Å²) >= 11 is 1.58. The number of thiazole rings is 1. The van der Waals surface area contributed by atoms with Gasteiger partial charge in [0.05, 0.1) is 24.2 Å². The minimum Gasteiger partial charge on any atom is -0.351 e. The highest BCUT2D eigenvalue weighted by Gasteiger charge is 2.32. The van der Waals surface area contributed by atoms with Crippen molar-refractivity contribution in [2.45, 2.75) is 19.8 Å². The second-order valence-corrected chi connectivity index (χ2v) is 6.01. The van der Waals surface area contributed by atoms with Gasteiger partial charge in [-0.2, -0.15) is 5.48 Å². The Morgan fingerprint density at radius 1 is 1.48 bits per heavy atom. The molecule has 0 bridgehead atoms. The largest absolute Gasteiger partial charge is 0.351 e. The van der Waals surface area contributed by atoms with Gasteiger partial charge in [0.1, 0.15) is 0 Å². The van der Waals surface area contributed by atoms with Crippen molar-refractivity contribution in [3.05, 3.63) is 45.9 Å². The number of carbonyl (C=O) groups is 1. The Morgan fingerprint density at radius 3 is 3.00 bits per heavy atom. The molecule has 2 heterocycles. The van der Waals surface area contributed by atoms with E-state index in [1.54, 1.807) is 22.4 Å². The van der Waals surface area contributed by atoms with Crippen LogP contribution in [0.1, 0.15) is 20.2 Å². The van der Waals surface area contributed by atoms with Gasteiger partial charge >= 0.3 is 0 Å². The summed E-state index contributed by atoms with van der Waals surface area (Å²) in [5.41, 5.74) is 4.27. The number of hydrogen-bond acceptors (Lipinski definition) is 6. The maximum atomic E-state index is 12.7. The summed E-state index contributed by atoms with van der Waals surface area (Å²) in [5.74, 6) is -0.0371. The first-order chi connectivity index (χ1) is 10.2. The third-order valence-electron chi connectivity index (χ3n) is 3.25. The van der Waals surface area contributed by atoms with E-state index < -0.39 is 6.29 Å². The van der Waals surface area contributed by atoms with Crippen LogP contribution in [0.15, 0.2) is 30.5 Å². The Hall–Kier alpha value is -1.96. The lowest BCUT2D eigenvalue weighted by atomic mass is 10.1. The lowest BCUT2D eigenvalue weighted by molar-refractivity contribution is 0.00459. The van der Waals surface area contributed by atoms with Gasteiger partial charge in [-0.1, -0.05) is 12.1 Å². The lowest BCUT2D eigenvalue weighted by Crippen LogP contribution is -2.55. The topological polar surface area (TPSA) is 66.5 Å². The molecule has 2 N–H and O–H groups in total. The summed E-state index contributed by atoms with van der Waals surface area (Å²) in [4.78, 5) is 24.6. The molecule has 0 radical (unpaired) electrons. The number of para-hydroxylation sites is 1. The highest BCUT2D eigenvalue weighted by molar-refractivity contribution is 7.11. The van der Waals surface area contributed by atoms with E-state index in [1.807, 2.05) is 31.2 Å². The Morgan fingerprint density at radius 2 is 2.29 bits per heavy atom. The third-order valence-corrected chi connectivity index (χ3v) is 4.14. The first-order valence-corrected chi connectivity index (χ1v) is 7.37. The molecule has 1 amide bonds. The summed E-state index contributed by atoms with van der Waals surface area (Å²) in [7, 11) is 1.53. The number of hydroxylamine groups is 1. The molecule has 3 rings (SSSR count). The fourth-order valence-corrected chi connectivity index (χ4v) is 3.10. The first kappa shape index (κ1) is 14.0. The highest BCUT2D eigenvalue weighted by Crippen LogP contribution is 2.26. The second kappa shape index (κ2) is 5.80. The Balaban J connectivity index is 1.90. The van der Waals surface area contributed by atoms with E-state index in [0.717, 1.165) is 15.6 Å². The van der Waals surface area contributed by atoms with E-state index in [4.69, 9.17) is 4.84 Å². The van der Waals surface area contributed by atoms with Crippen molar-refractivity contribution in [3.8, 4) is 0 Å². The molecule has 6 nitrogen and oxygen atoms in total. The van der Waals surface area contributed by atoms with Crippen molar-refractivity contribution in [1.82, 2.24) is 15.4 Å². The molecule has 1 aliphatic rings. The molecular formula is C14H16N4O2S. The van der Waals surface area contributed by atoms with Crippen LogP contribution < -0.4 is 10.8 Å². The van der Waals surface area contributed by atoms with E-state index in [1.165, 1.54) is 7.11 Å². The average Bonchev–Trinajstić information content (AvgIpc) is 2.89. The number of anilines is 1. The summed E-state index contributed by atoms with van der Waals surface area (Å²) < 4.78 is 0. The number of rotatable bonds is 4. The molecule has 1 atom stereocenters. The SMILES string of the molecule is CONC1Nc2ccccc2C(=O)N1Cc1cnc(C)s1. The number of benzene rings is 1. The van der Waals surface area contributed by atoms with Crippen molar-refractivity contribution in [3.63, 3.8) is 0 Å². The monoisotopic (exact) mass is 304 g/mol. The van der Waals surface area contributed by atoms with Gasteiger partial charge in [-0.25, -0.2) is 4.98 Å². The van der Waals surface area contributed by atoms with Gasteiger partial charge in [0.25, 0.3) is 5.91 Å². The number of aryl methyl sites for hydroxylation is 1. The van der Waals surface area contributed by atoms with E-state index in [0.29, 0.717) is 12.1 Å². The summed E-state index contributed by atoms with van der Waals surface area (Å²) in [6, 6.07) is 7.45. The summed E-state index contributed by atoms with van der Waals surface area (Å²) in [6.45, 7) is 2.43. The minimum atomic E-state index is -0.417. The number of nitrogens with one attached hydrogen (secondary N) is 2. The van der Waals surface area contributed by atoms with Crippen LogP contribution in [-0.2, 0) is 11.4 Å². The van der Waals surface area contributed by atoms with Gasteiger partial charge in [0, 0.05) is 16.8 Å². The van der Waals surface area contributed by atoms with Crippen LogP contribution >= 0.6 is 11.3 Å². The number of amides is 1. The Labute approximate surface area is 126 Å². The smallest absolute Gasteiger partial charge is 0.258 e. The van der Waals surface area contributed by atoms with Gasteiger partial charge in [-0.05, 0) is 19.1 Å². The molecule has 0 aliphatic carbocycles. The minimum absolute atomic E-state index is 0.0371. The van der Waals surface area contributed by atoms with Gasteiger partial charge < -0.3 is 10.2 Å². The van der Waals surface area contributed by atoms with Gasteiger partial charge in [0.2, 0.25) is 0 Å². The Bertz CT molecular complexity index is 658. The predicted molar refractivity (Wildman–Crippen MR) is 80.7 cm³/mol. The fourth-order valence-electron chi connectivity index (χ4n) is 2.31.